The molecule has 1 amide bonds. The van der Waals surface area contributed by atoms with Crippen LogP contribution in [0.3, 0.4) is 0 Å². The van der Waals surface area contributed by atoms with Gasteiger partial charge in [0, 0.05) is 11.1 Å². The van der Waals surface area contributed by atoms with Gasteiger partial charge < -0.3 is 10.1 Å². The van der Waals surface area contributed by atoms with E-state index >= 15 is 0 Å². The summed E-state index contributed by atoms with van der Waals surface area (Å²) in [5, 5.41) is 14.2. The molecule has 0 aliphatic heterocycles. The van der Waals surface area contributed by atoms with Crippen LogP contribution in [0.5, 0.6) is 0 Å². The third-order valence-electron chi connectivity index (χ3n) is 3.40. The van der Waals surface area contributed by atoms with Crippen molar-refractivity contribution in [1.82, 2.24) is 5.32 Å². The second kappa shape index (κ2) is 8.25. The Kier molecular flexibility index (Phi) is 6.08. The van der Waals surface area contributed by atoms with Crippen molar-refractivity contribution in [2.75, 3.05) is 6.61 Å². The zero-order valence-electron chi connectivity index (χ0n) is 13.3. The van der Waals surface area contributed by atoms with E-state index in [1.165, 1.54) is 24.3 Å². The fourth-order valence-corrected chi connectivity index (χ4v) is 2.26. The molecule has 0 aromatic heterocycles. The number of esters is 1. The lowest BCUT2D eigenvalue weighted by molar-refractivity contribution is -0.385. The van der Waals surface area contributed by atoms with Gasteiger partial charge in [-0.25, -0.2) is 4.79 Å². The molecule has 0 saturated carbocycles. The second-order valence-electron chi connectivity index (χ2n) is 5.19. The molecule has 0 bridgehead atoms. The lowest BCUT2D eigenvalue weighted by Crippen LogP contribution is -2.31. The fourth-order valence-electron chi connectivity index (χ4n) is 2.13. The van der Waals surface area contributed by atoms with Crippen LogP contribution in [0.2, 0.25) is 5.02 Å². The molecule has 130 valence electrons. The maximum atomic E-state index is 11.9. The molecule has 25 heavy (non-hydrogen) atoms. The monoisotopic (exact) mass is 362 g/mol. The Balaban J connectivity index is 1.92. The molecule has 2 rings (SSSR count). The van der Waals surface area contributed by atoms with Crippen LogP contribution in [-0.2, 0) is 9.53 Å². The predicted octanol–water partition coefficient (Wildman–Crippen LogP) is 3.28. The Morgan fingerprint density at radius 2 is 1.84 bits per heavy atom. The summed E-state index contributed by atoms with van der Waals surface area (Å²) in [6, 6.07) is 12.0. The van der Waals surface area contributed by atoms with Crippen LogP contribution in [0.15, 0.2) is 48.5 Å². The summed E-state index contributed by atoms with van der Waals surface area (Å²) in [6.07, 6.45) is 0. The number of para-hydroxylation sites is 1. The van der Waals surface area contributed by atoms with Gasteiger partial charge in [-0.1, -0.05) is 35.9 Å². The molecule has 1 atom stereocenters. The van der Waals surface area contributed by atoms with Crippen molar-refractivity contribution in [1.29, 1.82) is 0 Å². The number of halogens is 1. The Morgan fingerprint density at radius 1 is 1.20 bits per heavy atom. The number of amides is 1. The molecule has 8 heteroatoms. The van der Waals surface area contributed by atoms with Crippen LogP contribution in [0.25, 0.3) is 0 Å². The minimum atomic E-state index is -0.929. The van der Waals surface area contributed by atoms with Gasteiger partial charge in [0.15, 0.2) is 6.61 Å². The van der Waals surface area contributed by atoms with Gasteiger partial charge in [-0.05, 0) is 30.7 Å². The molecule has 0 radical (unpaired) electrons. The molecule has 0 heterocycles. The number of ether oxygens (including phenoxy) is 1. The van der Waals surface area contributed by atoms with Gasteiger partial charge in [-0.15, -0.1) is 0 Å². The van der Waals surface area contributed by atoms with Crippen LogP contribution in [0, 0.1) is 10.1 Å². The van der Waals surface area contributed by atoms with Gasteiger partial charge in [-0.2, -0.15) is 0 Å². The summed E-state index contributed by atoms with van der Waals surface area (Å²) in [4.78, 5) is 34.1. The zero-order valence-corrected chi connectivity index (χ0v) is 14.0. The van der Waals surface area contributed by atoms with Gasteiger partial charge in [0.2, 0.25) is 0 Å². The number of nitro groups is 1. The number of nitro benzene ring substituents is 1. The van der Waals surface area contributed by atoms with E-state index in [-0.39, 0.29) is 17.3 Å². The lowest BCUT2D eigenvalue weighted by atomic mass is 10.1. The molecule has 1 N–H and O–H groups in total. The largest absolute Gasteiger partial charge is 0.452 e. The Morgan fingerprint density at radius 3 is 2.48 bits per heavy atom. The maximum absolute atomic E-state index is 11.9. The van der Waals surface area contributed by atoms with Crippen molar-refractivity contribution in [3.63, 3.8) is 0 Å². The van der Waals surface area contributed by atoms with Crippen molar-refractivity contribution in [3.8, 4) is 0 Å². The summed E-state index contributed by atoms with van der Waals surface area (Å²) < 4.78 is 4.86. The van der Waals surface area contributed by atoms with E-state index in [9.17, 15) is 19.7 Å². The number of benzene rings is 2. The van der Waals surface area contributed by atoms with Crippen LogP contribution in [-0.4, -0.2) is 23.4 Å². The molecule has 0 aliphatic carbocycles. The number of nitrogens with zero attached hydrogens (tertiary/aromatic N) is 1. The first-order valence-corrected chi connectivity index (χ1v) is 7.71. The maximum Gasteiger partial charge on any atom is 0.345 e. The quantitative estimate of drug-likeness (QED) is 0.483. The van der Waals surface area contributed by atoms with Crippen molar-refractivity contribution >= 4 is 29.2 Å². The number of hydrogen-bond acceptors (Lipinski definition) is 5. The highest BCUT2D eigenvalue weighted by molar-refractivity contribution is 6.30. The van der Waals surface area contributed by atoms with E-state index in [0.717, 1.165) is 5.56 Å². The SMILES string of the molecule is C[C@H](NC(=O)COC(=O)c1ccccc1[N+](=O)[O-])c1ccc(Cl)cc1. The van der Waals surface area contributed by atoms with Gasteiger partial charge >= 0.3 is 5.97 Å². The van der Waals surface area contributed by atoms with E-state index in [2.05, 4.69) is 5.32 Å². The highest BCUT2D eigenvalue weighted by atomic mass is 35.5. The highest BCUT2D eigenvalue weighted by Crippen LogP contribution is 2.19. The highest BCUT2D eigenvalue weighted by Gasteiger charge is 2.21. The average Bonchev–Trinajstić information content (AvgIpc) is 2.60. The summed E-state index contributed by atoms with van der Waals surface area (Å²) in [7, 11) is 0. The summed E-state index contributed by atoms with van der Waals surface area (Å²) >= 11 is 5.81. The molecule has 0 fully saturated rings. The van der Waals surface area contributed by atoms with Crippen molar-refractivity contribution < 1.29 is 19.2 Å². The molecule has 0 spiro atoms. The first-order chi connectivity index (χ1) is 11.9. The number of carbonyl (C=O) groups is 2. The summed E-state index contributed by atoms with van der Waals surface area (Å²) in [5.41, 5.74) is 0.260. The normalized spacial score (nSPS) is 11.4. The number of nitrogens with one attached hydrogen (secondary N) is 1. The number of rotatable bonds is 6. The molecule has 0 saturated heterocycles. The summed E-state index contributed by atoms with van der Waals surface area (Å²) in [5.74, 6) is -1.45. The van der Waals surface area contributed by atoms with Crippen LogP contribution < -0.4 is 5.32 Å². The van der Waals surface area contributed by atoms with Crippen LogP contribution in [0.4, 0.5) is 5.69 Å². The first kappa shape index (κ1) is 18.4. The van der Waals surface area contributed by atoms with E-state index in [1.54, 1.807) is 31.2 Å². The average molecular weight is 363 g/mol. The molecule has 2 aromatic rings. The Bertz CT molecular complexity index is 792. The summed E-state index contributed by atoms with van der Waals surface area (Å²) in [6.45, 7) is 1.23. The van der Waals surface area contributed by atoms with Crippen molar-refractivity contribution in [3.05, 3.63) is 74.8 Å². The fraction of sp³-hybridized carbons (Fsp3) is 0.176. The standard InChI is InChI=1S/C17H15ClN2O5/c1-11(12-6-8-13(18)9-7-12)19-16(21)10-25-17(22)14-4-2-3-5-15(14)20(23)24/h2-9,11H,10H2,1H3,(H,19,21)/t11-/m0/s1. The Hall–Kier alpha value is -2.93. The van der Waals surface area contributed by atoms with E-state index in [1.807, 2.05) is 0 Å². The number of carbonyl (C=O) groups excluding carboxylic acids is 2. The molecule has 0 aliphatic rings. The van der Waals surface area contributed by atoms with Crippen LogP contribution in [0.1, 0.15) is 28.9 Å². The van der Waals surface area contributed by atoms with Crippen LogP contribution >= 0.6 is 11.6 Å². The first-order valence-electron chi connectivity index (χ1n) is 7.34. The molecular formula is C17H15ClN2O5. The third kappa shape index (κ3) is 5.02. The lowest BCUT2D eigenvalue weighted by Gasteiger charge is -2.14. The number of hydrogen-bond donors (Lipinski definition) is 1. The van der Waals surface area contributed by atoms with E-state index < -0.39 is 23.4 Å². The minimum absolute atomic E-state index is 0.203. The smallest absolute Gasteiger partial charge is 0.345 e. The Labute approximate surface area is 148 Å². The van der Waals surface area contributed by atoms with Gasteiger partial charge in [0.1, 0.15) is 5.56 Å². The molecule has 0 unspecified atom stereocenters. The zero-order chi connectivity index (χ0) is 18.4. The van der Waals surface area contributed by atoms with E-state index in [0.29, 0.717) is 5.02 Å². The third-order valence-corrected chi connectivity index (χ3v) is 3.65. The van der Waals surface area contributed by atoms with Crippen molar-refractivity contribution in [2.45, 2.75) is 13.0 Å². The predicted molar refractivity (Wildman–Crippen MR) is 91.4 cm³/mol. The van der Waals surface area contributed by atoms with Gasteiger partial charge in [0.05, 0.1) is 11.0 Å². The molecular weight excluding hydrogens is 348 g/mol. The molecule has 7 nitrogen and oxygen atoms in total. The second-order valence-corrected chi connectivity index (χ2v) is 5.63. The molecule has 2 aromatic carbocycles. The van der Waals surface area contributed by atoms with Crippen molar-refractivity contribution in [2.24, 2.45) is 0 Å². The topological polar surface area (TPSA) is 98.5 Å². The van der Waals surface area contributed by atoms with Gasteiger partial charge in [-0.3, -0.25) is 14.9 Å². The minimum Gasteiger partial charge on any atom is -0.452 e. The van der Waals surface area contributed by atoms with Gasteiger partial charge in [0.25, 0.3) is 11.6 Å². The van der Waals surface area contributed by atoms with E-state index in [4.69, 9.17) is 16.3 Å².